The molecule has 0 saturated heterocycles. The number of fused-ring (bicyclic) bond motifs is 1. The number of esters is 1. The summed E-state index contributed by atoms with van der Waals surface area (Å²) in [5.74, 6) is 1.12. The Morgan fingerprint density at radius 2 is 1.81 bits per heavy atom. The third-order valence-electron chi connectivity index (χ3n) is 4.70. The van der Waals surface area contributed by atoms with Crippen molar-refractivity contribution in [2.75, 3.05) is 25.6 Å². The average Bonchev–Trinajstić information content (AvgIpc) is 3.54. The number of hydrogen-bond acceptors (Lipinski definition) is 9. The fraction of sp³-hybridized carbons (Fsp3) is 0.565. The lowest BCUT2D eigenvalue weighted by Gasteiger charge is -2.24. The van der Waals surface area contributed by atoms with Crippen molar-refractivity contribution in [3.63, 3.8) is 0 Å². The number of hydrogen-bond donors (Lipinski definition) is 1. The summed E-state index contributed by atoms with van der Waals surface area (Å²) in [7, 11) is 1.35. The van der Waals surface area contributed by atoms with E-state index in [9.17, 15) is 9.59 Å². The minimum absolute atomic E-state index is 0.0203. The minimum Gasteiger partial charge on any atom is -0.474 e. The highest BCUT2D eigenvalue weighted by atomic mass is 16.7. The number of methoxy groups -OCH3 is 1. The fourth-order valence-electron chi connectivity index (χ4n) is 3.04. The van der Waals surface area contributed by atoms with E-state index >= 15 is 0 Å². The van der Waals surface area contributed by atoms with Gasteiger partial charge in [-0.15, -0.1) is 0 Å². The van der Waals surface area contributed by atoms with E-state index in [0.717, 1.165) is 24.2 Å². The number of carbonyl (C=O) groups excluding carboxylic acids is 2. The molecule has 9 nitrogen and oxygen atoms in total. The molecule has 1 aromatic heterocycles. The van der Waals surface area contributed by atoms with Gasteiger partial charge in [-0.25, -0.2) is 14.6 Å². The molecule has 1 fully saturated rings. The molecule has 1 N–H and O–H groups in total. The van der Waals surface area contributed by atoms with Crippen LogP contribution in [0.3, 0.4) is 0 Å². The number of anilines is 1. The van der Waals surface area contributed by atoms with Crippen molar-refractivity contribution in [2.45, 2.75) is 64.5 Å². The number of carbonyl (C=O) groups is 2. The van der Waals surface area contributed by atoms with Crippen LogP contribution in [0.1, 0.15) is 59.2 Å². The molecular weight excluding hydrogens is 414 g/mol. The van der Waals surface area contributed by atoms with Crippen LogP contribution in [0.4, 0.5) is 10.5 Å². The van der Waals surface area contributed by atoms with Crippen molar-refractivity contribution < 1.29 is 28.5 Å². The molecule has 174 valence electrons. The lowest BCUT2D eigenvalue weighted by atomic mass is 10.1. The van der Waals surface area contributed by atoms with E-state index in [4.69, 9.17) is 18.9 Å². The third-order valence-corrected chi connectivity index (χ3v) is 4.70. The number of aromatic nitrogens is 2. The maximum Gasteiger partial charge on any atom is 0.508 e. The molecule has 32 heavy (non-hydrogen) atoms. The first-order chi connectivity index (χ1) is 15.0. The predicted molar refractivity (Wildman–Crippen MR) is 119 cm³/mol. The van der Waals surface area contributed by atoms with Gasteiger partial charge in [0, 0.05) is 11.6 Å². The molecule has 0 spiro atoms. The van der Waals surface area contributed by atoms with Gasteiger partial charge < -0.3 is 24.3 Å². The van der Waals surface area contributed by atoms with Crippen molar-refractivity contribution in [2.24, 2.45) is 0 Å². The van der Waals surface area contributed by atoms with Gasteiger partial charge in [0.05, 0.1) is 18.0 Å². The Balaban J connectivity index is 1.77. The van der Waals surface area contributed by atoms with E-state index in [1.165, 1.54) is 7.11 Å². The van der Waals surface area contributed by atoms with Crippen LogP contribution in [0.15, 0.2) is 18.2 Å². The quantitative estimate of drug-likeness (QED) is 0.472. The van der Waals surface area contributed by atoms with Gasteiger partial charge in [-0.05, 0) is 65.7 Å². The van der Waals surface area contributed by atoms with Gasteiger partial charge in [-0.1, -0.05) is 0 Å². The zero-order chi connectivity index (χ0) is 23.5. The molecule has 1 heterocycles. The molecule has 0 aliphatic heterocycles. The number of nitrogens with zero attached hydrogens (tertiary/aromatic N) is 2. The summed E-state index contributed by atoms with van der Waals surface area (Å²) in [6, 6.07) is 5.55. The van der Waals surface area contributed by atoms with Crippen molar-refractivity contribution in [1.29, 1.82) is 0 Å². The van der Waals surface area contributed by atoms with Crippen molar-refractivity contribution in [3.05, 3.63) is 24.0 Å². The molecule has 1 aliphatic rings. The van der Waals surface area contributed by atoms with Crippen molar-refractivity contribution >= 4 is 28.7 Å². The Bertz CT molecular complexity index is 995. The van der Waals surface area contributed by atoms with E-state index in [-0.39, 0.29) is 19.2 Å². The van der Waals surface area contributed by atoms with Crippen LogP contribution < -0.4 is 10.1 Å². The standard InChI is InChI=1S/C23H31N3O6/c1-22(2,3)32-21(28)31-12-11-30-19-16-13-15(26-23(4,5)20(27)29-6)9-10-17(16)24-18(25-19)14-7-8-14/h9-10,13-14,26H,7-8,11-12H2,1-6H3. The third kappa shape index (κ3) is 6.21. The van der Waals surface area contributed by atoms with E-state index < -0.39 is 17.3 Å². The zero-order valence-electron chi connectivity index (χ0n) is 19.5. The molecule has 0 unspecified atom stereocenters. The second-order valence-corrected chi connectivity index (χ2v) is 9.30. The summed E-state index contributed by atoms with van der Waals surface area (Å²) in [6.45, 7) is 8.91. The van der Waals surface area contributed by atoms with Gasteiger partial charge in [-0.3, -0.25) is 0 Å². The molecule has 2 aromatic rings. The largest absolute Gasteiger partial charge is 0.508 e. The van der Waals surface area contributed by atoms with Crippen LogP contribution in [0, 0.1) is 0 Å². The maximum absolute atomic E-state index is 12.0. The van der Waals surface area contributed by atoms with Gasteiger partial charge in [-0.2, -0.15) is 4.98 Å². The number of ether oxygens (including phenoxy) is 4. The highest BCUT2D eigenvalue weighted by molar-refractivity contribution is 5.89. The Kier molecular flexibility index (Phi) is 6.76. The number of benzene rings is 1. The molecular formula is C23H31N3O6. The first-order valence-electron chi connectivity index (χ1n) is 10.7. The molecule has 1 aliphatic carbocycles. The van der Waals surface area contributed by atoms with Gasteiger partial charge in [0.25, 0.3) is 0 Å². The van der Waals surface area contributed by atoms with E-state index in [0.29, 0.717) is 22.9 Å². The fourth-order valence-corrected chi connectivity index (χ4v) is 3.04. The van der Waals surface area contributed by atoms with Crippen molar-refractivity contribution in [3.8, 4) is 5.88 Å². The lowest BCUT2D eigenvalue weighted by Crippen LogP contribution is -2.41. The topological polar surface area (TPSA) is 109 Å². The van der Waals surface area contributed by atoms with Crippen LogP contribution in [-0.2, 0) is 19.0 Å². The molecule has 1 saturated carbocycles. The monoisotopic (exact) mass is 445 g/mol. The summed E-state index contributed by atoms with van der Waals surface area (Å²) in [4.78, 5) is 33.0. The summed E-state index contributed by atoms with van der Waals surface area (Å²) in [5, 5.41) is 3.86. The van der Waals surface area contributed by atoms with E-state index in [1.54, 1.807) is 34.6 Å². The Hall–Kier alpha value is -3.10. The van der Waals surface area contributed by atoms with Gasteiger partial charge in [0.1, 0.15) is 30.2 Å². The summed E-state index contributed by atoms with van der Waals surface area (Å²) >= 11 is 0. The van der Waals surface area contributed by atoms with Crippen LogP contribution in [0.25, 0.3) is 10.9 Å². The first kappa shape index (κ1) is 23.6. The zero-order valence-corrected chi connectivity index (χ0v) is 19.5. The van der Waals surface area contributed by atoms with Crippen LogP contribution in [-0.4, -0.2) is 53.6 Å². The van der Waals surface area contributed by atoms with Gasteiger partial charge >= 0.3 is 12.1 Å². The molecule has 3 rings (SSSR count). The molecule has 0 atom stereocenters. The van der Waals surface area contributed by atoms with E-state index in [1.807, 2.05) is 18.2 Å². The highest BCUT2D eigenvalue weighted by Crippen LogP contribution is 2.40. The molecule has 9 heteroatoms. The SMILES string of the molecule is COC(=O)C(C)(C)Nc1ccc2nc(C3CC3)nc(OCCOC(=O)OC(C)(C)C)c2c1. The average molecular weight is 446 g/mol. The highest BCUT2D eigenvalue weighted by Gasteiger charge is 2.30. The second-order valence-electron chi connectivity index (χ2n) is 9.30. The number of nitrogens with one attached hydrogen (secondary N) is 1. The molecule has 0 radical (unpaired) electrons. The van der Waals surface area contributed by atoms with Crippen LogP contribution in [0.2, 0.25) is 0 Å². The predicted octanol–water partition coefficient (Wildman–Crippen LogP) is 4.20. The minimum atomic E-state index is -0.917. The maximum atomic E-state index is 12.0. The molecule has 1 aromatic carbocycles. The van der Waals surface area contributed by atoms with Crippen molar-refractivity contribution in [1.82, 2.24) is 9.97 Å². The van der Waals surface area contributed by atoms with Gasteiger partial charge in [0.2, 0.25) is 5.88 Å². The summed E-state index contributed by atoms with van der Waals surface area (Å²) in [5.41, 5.74) is -0.0992. The second kappa shape index (κ2) is 9.18. The van der Waals surface area contributed by atoms with E-state index in [2.05, 4.69) is 15.3 Å². The first-order valence-corrected chi connectivity index (χ1v) is 10.7. The Morgan fingerprint density at radius 3 is 2.44 bits per heavy atom. The lowest BCUT2D eigenvalue weighted by molar-refractivity contribution is -0.144. The summed E-state index contributed by atoms with van der Waals surface area (Å²) in [6.07, 6.45) is 1.36. The smallest absolute Gasteiger partial charge is 0.474 e. The van der Waals surface area contributed by atoms with Gasteiger partial charge in [0.15, 0.2) is 0 Å². The molecule has 0 amide bonds. The van der Waals surface area contributed by atoms with Crippen LogP contribution in [0.5, 0.6) is 5.88 Å². The Labute approximate surface area is 187 Å². The summed E-state index contributed by atoms with van der Waals surface area (Å²) < 4.78 is 20.9. The number of rotatable bonds is 8. The normalized spacial score (nSPS) is 14.1. The molecule has 0 bridgehead atoms. The van der Waals surface area contributed by atoms with Crippen LogP contribution >= 0.6 is 0 Å². The Morgan fingerprint density at radius 1 is 1.09 bits per heavy atom.